The lowest BCUT2D eigenvalue weighted by Crippen LogP contribution is -2.46. The van der Waals surface area contributed by atoms with E-state index < -0.39 is 11.6 Å². The fourth-order valence-corrected chi connectivity index (χ4v) is 4.97. The summed E-state index contributed by atoms with van der Waals surface area (Å²) in [4.78, 5) is 31.7. The summed E-state index contributed by atoms with van der Waals surface area (Å²) in [5.74, 6) is -1.16. The van der Waals surface area contributed by atoms with Gasteiger partial charge in [-0.15, -0.1) is 0 Å². The standard InChI is InChI=1S/C21H29N3O5/c25-19(26)15-1-7-21(28,8-2-15)13-18-14-24(20(27)29-18)17-5-11-23(12-6-17)16-3-9-22-10-4-16/h3-4,9-10,15,17-18,28H,1-2,5-8,11-14H2,(H,25,26). The molecule has 4 rings (SSSR count). The van der Waals surface area contributed by atoms with E-state index in [1.165, 1.54) is 0 Å². The third kappa shape index (κ3) is 4.47. The maximum Gasteiger partial charge on any atom is 0.410 e. The lowest BCUT2D eigenvalue weighted by Gasteiger charge is -2.37. The maximum atomic E-state index is 12.4. The van der Waals surface area contributed by atoms with E-state index >= 15 is 0 Å². The van der Waals surface area contributed by atoms with Gasteiger partial charge in [-0.05, 0) is 50.7 Å². The molecule has 3 heterocycles. The number of rotatable bonds is 5. The molecule has 0 spiro atoms. The van der Waals surface area contributed by atoms with Crippen molar-refractivity contribution in [2.24, 2.45) is 5.92 Å². The molecule has 1 atom stereocenters. The predicted octanol–water partition coefficient (Wildman–Crippen LogP) is 2.27. The average Bonchev–Trinajstić information content (AvgIpc) is 3.08. The number of carboxylic acid groups (broad SMARTS) is 1. The van der Waals surface area contributed by atoms with Gasteiger partial charge in [0.25, 0.3) is 0 Å². The first-order valence-corrected chi connectivity index (χ1v) is 10.5. The SMILES string of the molecule is O=C(O)C1CCC(O)(CC2CN(C3CCN(c4ccncc4)CC3)C(=O)O2)CC1. The number of anilines is 1. The molecule has 1 saturated carbocycles. The Morgan fingerprint density at radius 2 is 1.83 bits per heavy atom. The molecule has 0 aromatic carbocycles. The topological polar surface area (TPSA) is 103 Å². The zero-order valence-corrected chi connectivity index (χ0v) is 16.6. The molecule has 2 N–H and O–H groups in total. The van der Waals surface area contributed by atoms with Crippen molar-refractivity contribution in [1.29, 1.82) is 0 Å². The molecule has 0 radical (unpaired) electrons. The number of aliphatic carboxylic acids is 1. The number of carbonyl (C=O) groups excluding carboxylic acids is 1. The van der Waals surface area contributed by atoms with Crippen LogP contribution in [0.2, 0.25) is 0 Å². The zero-order chi connectivity index (χ0) is 20.4. The van der Waals surface area contributed by atoms with E-state index in [9.17, 15) is 14.7 Å². The molecule has 1 aliphatic carbocycles. The zero-order valence-electron chi connectivity index (χ0n) is 16.6. The number of aliphatic hydroxyl groups is 1. The van der Waals surface area contributed by atoms with Crippen molar-refractivity contribution in [3.05, 3.63) is 24.5 Å². The van der Waals surface area contributed by atoms with Gasteiger partial charge in [-0.25, -0.2) is 4.79 Å². The van der Waals surface area contributed by atoms with Crippen molar-refractivity contribution >= 4 is 17.7 Å². The van der Waals surface area contributed by atoms with Crippen molar-refractivity contribution in [1.82, 2.24) is 9.88 Å². The highest BCUT2D eigenvalue weighted by molar-refractivity contribution is 5.71. The molecule has 29 heavy (non-hydrogen) atoms. The van der Waals surface area contributed by atoms with Crippen LogP contribution in [-0.2, 0) is 9.53 Å². The molecule has 2 aliphatic heterocycles. The monoisotopic (exact) mass is 403 g/mol. The Balaban J connectivity index is 1.28. The Kier molecular flexibility index (Phi) is 5.63. The van der Waals surface area contributed by atoms with E-state index in [1.807, 2.05) is 17.0 Å². The first kappa shape index (κ1) is 19.9. The van der Waals surface area contributed by atoms with Crippen LogP contribution < -0.4 is 4.90 Å². The molecule has 1 aromatic heterocycles. The minimum absolute atomic E-state index is 0.156. The Morgan fingerprint density at radius 3 is 2.45 bits per heavy atom. The number of ether oxygens (including phenoxy) is 1. The Hall–Kier alpha value is -2.35. The lowest BCUT2D eigenvalue weighted by atomic mass is 9.76. The predicted molar refractivity (Wildman–Crippen MR) is 106 cm³/mol. The first-order valence-electron chi connectivity index (χ1n) is 10.5. The number of amides is 1. The van der Waals surface area contributed by atoms with E-state index in [1.54, 1.807) is 12.4 Å². The Bertz CT molecular complexity index is 727. The van der Waals surface area contributed by atoms with Gasteiger partial charge in [-0.2, -0.15) is 0 Å². The van der Waals surface area contributed by atoms with Gasteiger partial charge < -0.3 is 24.7 Å². The largest absolute Gasteiger partial charge is 0.481 e. The quantitative estimate of drug-likeness (QED) is 0.777. The van der Waals surface area contributed by atoms with Crippen molar-refractivity contribution in [3.63, 3.8) is 0 Å². The first-order chi connectivity index (χ1) is 13.9. The molecule has 3 fully saturated rings. The van der Waals surface area contributed by atoms with Gasteiger partial charge in [0.1, 0.15) is 6.10 Å². The summed E-state index contributed by atoms with van der Waals surface area (Å²) in [7, 11) is 0. The second-order valence-corrected chi connectivity index (χ2v) is 8.62. The van der Waals surface area contributed by atoms with Crippen LogP contribution in [-0.4, -0.2) is 69.5 Å². The fourth-order valence-electron chi connectivity index (χ4n) is 4.97. The molecule has 3 aliphatic rings. The highest BCUT2D eigenvalue weighted by Gasteiger charge is 2.43. The van der Waals surface area contributed by atoms with Gasteiger partial charge in [-0.3, -0.25) is 9.78 Å². The minimum atomic E-state index is -0.933. The van der Waals surface area contributed by atoms with Gasteiger partial charge >= 0.3 is 12.1 Å². The summed E-state index contributed by atoms with van der Waals surface area (Å²) in [6.45, 7) is 2.26. The molecule has 1 aromatic rings. The van der Waals surface area contributed by atoms with Gasteiger partial charge in [0.05, 0.1) is 18.1 Å². The van der Waals surface area contributed by atoms with E-state index in [0.717, 1.165) is 31.6 Å². The lowest BCUT2D eigenvalue weighted by molar-refractivity contribution is -0.145. The van der Waals surface area contributed by atoms with Crippen molar-refractivity contribution < 1.29 is 24.5 Å². The van der Waals surface area contributed by atoms with E-state index in [4.69, 9.17) is 9.84 Å². The highest BCUT2D eigenvalue weighted by atomic mass is 16.6. The van der Waals surface area contributed by atoms with Crippen LogP contribution in [0.4, 0.5) is 10.5 Å². The van der Waals surface area contributed by atoms with Crippen LogP contribution in [0.15, 0.2) is 24.5 Å². The number of hydrogen-bond donors (Lipinski definition) is 2. The second kappa shape index (κ2) is 8.18. The summed E-state index contributed by atoms with van der Waals surface area (Å²) in [6, 6.07) is 4.16. The number of nitrogens with zero attached hydrogens (tertiary/aromatic N) is 3. The highest BCUT2D eigenvalue weighted by Crippen LogP contribution is 2.37. The molecular weight excluding hydrogens is 374 g/mol. The molecule has 8 nitrogen and oxygen atoms in total. The number of carboxylic acids is 1. The fraction of sp³-hybridized carbons (Fsp3) is 0.667. The van der Waals surface area contributed by atoms with Crippen LogP contribution in [0.3, 0.4) is 0 Å². The van der Waals surface area contributed by atoms with Gasteiger partial charge in [0.15, 0.2) is 0 Å². The molecule has 8 heteroatoms. The van der Waals surface area contributed by atoms with Crippen LogP contribution in [0, 0.1) is 5.92 Å². The maximum absolute atomic E-state index is 12.4. The van der Waals surface area contributed by atoms with E-state index in [2.05, 4.69) is 9.88 Å². The second-order valence-electron chi connectivity index (χ2n) is 8.62. The van der Waals surface area contributed by atoms with Crippen LogP contribution in [0.1, 0.15) is 44.9 Å². The number of aromatic nitrogens is 1. The van der Waals surface area contributed by atoms with Crippen molar-refractivity contribution in [2.75, 3.05) is 24.5 Å². The minimum Gasteiger partial charge on any atom is -0.481 e. The molecule has 2 saturated heterocycles. The number of cyclic esters (lactones) is 1. The number of hydrogen-bond acceptors (Lipinski definition) is 6. The number of carbonyl (C=O) groups is 2. The average molecular weight is 403 g/mol. The molecule has 0 bridgehead atoms. The third-order valence-corrected chi connectivity index (χ3v) is 6.71. The van der Waals surface area contributed by atoms with Gasteiger partial charge in [0, 0.05) is 43.6 Å². The van der Waals surface area contributed by atoms with E-state index in [-0.39, 0.29) is 24.2 Å². The third-order valence-electron chi connectivity index (χ3n) is 6.71. The number of piperidine rings is 1. The summed E-state index contributed by atoms with van der Waals surface area (Å²) >= 11 is 0. The van der Waals surface area contributed by atoms with Crippen molar-refractivity contribution in [2.45, 2.75) is 62.7 Å². The van der Waals surface area contributed by atoms with Gasteiger partial charge in [0.2, 0.25) is 0 Å². The summed E-state index contributed by atoms with van der Waals surface area (Å²) in [5.41, 5.74) is 0.219. The van der Waals surface area contributed by atoms with Gasteiger partial charge in [-0.1, -0.05) is 0 Å². The van der Waals surface area contributed by atoms with Crippen LogP contribution in [0.5, 0.6) is 0 Å². The Morgan fingerprint density at radius 1 is 1.17 bits per heavy atom. The smallest absolute Gasteiger partial charge is 0.410 e. The molecular formula is C21H29N3O5. The summed E-state index contributed by atoms with van der Waals surface area (Å²) in [6.07, 6.45) is 6.96. The Labute approximate surface area is 170 Å². The molecule has 1 amide bonds. The molecule has 1 unspecified atom stereocenters. The summed E-state index contributed by atoms with van der Waals surface area (Å²) < 4.78 is 5.57. The number of pyridine rings is 1. The van der Waals surface area contributed by atoms with Crippen LogP contribution >= 0.6 is 0 Å². The summed E-state index contributed by atoms with van der Waals surface area (Å²) in [5, 5.41) is 20.0. The van der Waals surface area contributed by atoms with Crippen molar-refractivity contribution in [3.8, 4) is 0 Å². The normalized spacial score (nSPS) is 31.0. The van der Waals surface area contributed by atoms with Crippen LogP contribution in [0.25, 0.3) is 0 Å². The molecule has 158 valence electrons. The van der Waals surface area contributed by atoms with E-state index in [0.29, 0.717) is 38.6 Å².